The van der Waals surface area contributed by atoms with Gasteiger partial charge < -0.3 is 4.74 Å². The lowest BCUT2D eigenvalue weighted by atomic mass is 10.2. The summed E-state index contributed by atoms with van der Waals surface area (Å²) in [5, 5.41) is 17.6. The van der Waals surface area contributed by atoms with E-state index in [1.807, 2.05) is 43.3 Å². The Kier molecular flexibility index (Phi) is 6.27. The molecule has 0 aliphatic heterocycles. The number of para-hydroxylation sites is 1. The van der Waals surface area contributed by atoms with Gasteiger partial charge in [0.05, 0.1) is 34.8 Å². The molecule has 1 unspecified atom stereocenters. The second-order valence-electron chi connectivity index (χ2n) is 6.17. The summed E-state index contributed by atoms with van der Waals surface area (Å²) in [6.45, 7) is 3.42. The first-order valence-corrected chi connectivity index (χ1v) is 9.17. The highest BCUT2D eigenvalue weighted by Gasteiger charge is 2.15. The van der Waals surface area contributed by atoms with Crippen LogP contribution in [0.4, 0.5) is 0 Å². The molecular weight excluding hydrogens is 390 g/mol. The summed E-state index contributed by atoms with van der Waals surface area (Å²) in [4.78, 5) is 12.2. The van der Waals surface area contributed by atoms with Crippen molar-refractivity contribution in [2.75, 3.05) is 0 Å². The van der Waals surface area contributed by atoms with Crippen LogP contribution in [-0.4, -0.2) is 28.0 Å². The van der Waals surface area contributed by atoms with Crippen LogP contribution < -0.4 is 10.2 Å². The van der Waals surface area contributed by atoms with Crippen molar-refractivity contribution in [3.63, 3.8) is 0 Å². The van der Waals surface area contributed by atoms with Crippen LogP contribution in [0.3, 0.4) is 0 Å². The summed E-state index contributed by atoms with van der Waals surface area (Å²) >= 11 is 6.42. The molecule has 7 nitrogen and oxygen atoms in total. The molecule has 1 N–H and O–H groups in total. The number of ether oxygens (including phenoxy) is 1. The van der Waals surface area contributed by atoms with Crippen LogP contribution >= 0.6 is 11.6 Å². The van der Waals surface area contributed by atoms with Crippen molar-refractivity contribution in [2.45, 2.75) is 20.0 Å². The summed E-state index contributed by atoms with van der Waals surface area (Å²) in [5.74, 6) is 0.0634. The molecule has 1 atom stereocenters. The molecule has 0 aliphatic carbocycles. The molecule has 0 radical (unpaired) electrons. The molecule has 1 amide bonds. The van der Waals surface area contributed by atoms with Crippen molar-refractivity contribution in [1.29, 1.82) is 5.26 Å². The van der Waals surface area contributed by atoms with Gasteiger partial charge in [-0.05, 0) is 50.2 Å². The minimum Gasteiger partial charge on any atom is -0.481 e. The van der Waals surface area contributed by atoms with Gasteiger partial charge in [-0.15, -0.1) is 0 Å². The number of halogens is 1. The topological polar surface area (TPSA) is 92.3 Å². The average Bonchev–Trinajstić information content (AvgIpc) is 3.03. The molecule has 1 heterocycles. The Bertz CT molecular complexity index is 1070. The SMILES string of the molecule is Cc1nn(-c2ccccc2)c(Cl)c1/C=N/NC(=O)C(C)Oc1ccc(C#N)cc1. The Hall–Kier alpha value is -3.63. The van der Waals surface area contributed by atoms with Gasteiger partial charge in [0, 0.05) is 0 Å². The van der Waals surface area contributed by atoms with E-state index < -0.39 is 12.0 Å². The number of benzene rings is 2. The lowest BCUT2D eigenvalue weighted by Crippen LogP contribution is -2.33. The number of hydrazone groups is 1. The van der Waals surface area contributed by atoms with Gasteiger partial charge >= 0.3 is 0 Å². The summed E-state index contributed by atoms with van der Waals surface area (Å²) < 4.78 is 7.16. The third-order valence-electron chi connectivity index (χ3n) is 4.08. The number of amides is 1. The van der Waals surface area contributed by atoms with Crippen molar-refractivity contribution in [3.8, 4) is 17.5 Å². The maximum atomic E-state index is 12.2. The third kappa shape index (κ3) is 4.81. The van der Waals surface area contributed by atoms with Gasteiger partial charge in [0.25, 0.3) is 5.91 Å². The maximum absolute atomic E-state index is 12.2. The molecule has 0 fully saturated rings. The highest BCUT2D eigenvalue weighted by molar-refractivity contribution is 6.32. The monoisotopic (exact) mass is 407 g/mol. The van der Waals surface area contributed by atoms with Gasteiger partial charge in [0.2, 0.25) is 0 Å². The Morgan fingerprint density at radius 3 is 2.62 bits per heavy atom. The predicted octanol–water partition coefficient (Wildman–Crippen LogP) is 3.62. The van der Waals surface area contributed by atoms with Crippen molar-refractivity contribution in [1.82, 2.24) is 15.2 Å². The molecule has 3 aromatic rings. The summed E-state index contributed by atoms with van der Waals surface area (Å²) in [6.07, 6.45) is 0.680. The number of aromatic nitrogens is 2. The Balaban J connectivity index is 1.64. The molecule has 146 valence electrons. The standard InChI is InChI=1S/C21H18ClN5O2/c1-14-19(20(22)27(26-14)17-6-4-3-5-7-17)13-24-25-21(28)15(2)29-18-10-8-16(12-23)9-11-18/h3-11,13,15H,1-2H3,(H,25,28)/b24-13+. The molecule has 0 saturated heterocycles. The number of nitriles is 1. The fourth-order valence-corrected chi connectivity index (χ4v) is 2.84. The summed E-state index contributed by atoms with van der Waals surface area (Å²) in [6, 6.07) is 18.0. The van der Waals surface area contributed by atoms with Crippen LogP contribution in [0.5, 0.6) is 5.75 Å². The number of carbonyl (C=O) groups is 1. The number of hydrogen-bond acceptors (Lipinski definition) is 5. The van der Waals surface area contributed by atoms with E-state index in [4.69, 9.17) is 21.6 Å². The van der Waals surface area contributed by atoms with Gasteiger partial charge in [-0.2, -0.15) is 15.5 Å². The second kappa shape index (κ2) is 9.04. The van der Waals surface area contributed by atoms with Gasteiger partial charge in [-0.25, -0.2) is 10.1 Å². The van der Waals surface area contributed by atoms with E-state index in [1.165, 1.54) is 6.21 Å². The number of nitrogens with zero attached hydrogens (tertiary/aromatic N) is 4. The number of aryl methyl sites for hydroxylation is 1. The molecule has 0 saturated carbocycles. The highest BCUT2D eigenvalue weighted by Crippen LogP contribution is 2.21. The number of nitrogens with one attached hydrogen (secondary N) is 1. The largest absolute Gasteiger partial charge is 0.481 e. The van der Waals surface area contributed by atoms with Gasteiger partial charge in [-0.1, -0.05) is 29.8 Å². The minimum absolute atomic E-state index is 0.397. The summed E-state index contributed by atoms with van der Waals surface area (Å²) in [7, 11) is 0. The Morgan fingerprint density at radius 2 is 1.97 bits per heavy atom. The second-order valence-corrected chi connectivity index (χ2v) is 6.53. The van der Waals surface area contributed by atoms with E-state index >= 15 is 0 Å². The Morgan fingerprint density at radius 1 is 1.28 bits per heavy atom. The summed E-state index contributed by atoms with van der Waals surface area (Å²) in [5.41, 5.74) is 5.07. The number of hydrogen-bond donors (Lipinski definition) is 1. The van der Waals surface area contributed by atoms with E-state index in [-0.39, 0.29) is 0 Å². The van der Waals surface area contributed by atoms with Crippen molar-refractivity contribution >= 4 is 23.7 Å². The molecule has 0 aliphatic rings. The smallest absolute Gasteiger partial charge is 0.280 e. The molecule has 0 spiro atoms. The first-order chi connectivity index (χ1) is 14.0. The molecule has 2 aromatic carbocycles. The van der Waals surface area contributed by atoms with Crippen LogP contribution in [-0.2, 0) is 4.79 Å². The van der Waals surface area contributed by atoms with Crippen molar-refractivity contribution in [3.05, 3.63) is 76.6 Å². The van der Waals surface area contributed by atoms with Gasteiger partial charge in [-0.3, -0.25) is 4.79 Å². The van der Waals surface area contributed by atoms with Crippen LogP contribution in [0.25, 0.3) is 5.69 Å². The molecule has 8 heteroatoms. The zero-order valence-electron chi connectivity index (χ0n) is 15.8. The first kappa shape index (κ1) is 20.1. The fraction of sp³-hybridized carbons (Fsp3) is 0.143. The van der Waals surface area contributed by atoms with Crippen molar-refractivity contribution < 1.29 is 9.53 Å². The van der Waals surface area contributed by atoms with Crippen LogP contribution in [0.2, 0.25) is 5.15 Å². The van der Waals surface area contributed by atoms with Gasteiger partial charge in [0.1, 0.15) is 10.9 Å². The molecular formula is C21H18ClN5O2. The maximum Gasteiger partial charge on any atom is 0.280 e. The first-order valence-electron chi connectivity index (χ1n) is 8.80. The zero-order chi connectivity index (χ0) is 20.8. The predicted molar refractivity (Wildman–Crippen MR) is 110 cm³/mol. The van der Waals surface area contributed by atoms with Crippen LogP contribution in [0.15, 0.2) is 59.7 Å². The third-order valence-corrected chi connectivity index (χ3v) is 4.45. The lowest BCUT2D eigenvalue weighted by Gasteiger charge is -2.12. The quantitative estimate of drug-likeness (QED) is 0.499. The molecule has 1 aromatic heterocycles. The van der Waals surface area contributed by atoms with Crippen LogP contribution in [0, 0.1) is 18.3 Å². The van der Waals surface area contributed by atoms with Crippen LogP contribution in [0.1, 0.15) is 23.7 Å². The Labute approximate surface area is 173 Å². The lowest BCUT2D eigenvalue weighted by molar-refractivity contribution is -0.127. The van der Waals surface area contributed by atoms with E-state index in [0.29, 0.717) is 27.7 Å². The minimum atomic E-state index is -0.774. The van der Waals surface area contributed by atoms with E-state index in [2.05, 4.69) is 15.6 Å². The molecule has 3 rings (SSSR count). The zero-order valence-corrected chi connectivity index (χ0v) is 16.6. The molecule has 0 bridgehead atoms. The normalized spacial score (nSPS) is 11.8. The molecule has 29 heavy (non-hydrogen) atoms. The average molecular weight is 408 g/mol. The van der Waals surface area contributed by atoms with E-state index in [9.17, 15) is 4.79 Å². The van der Waals surface area contributed by atoms with E-state index in [0.717, 1.165) is 5.69 Å². The fourth-order valence-electron chi connectivity index (χ4n) is 2.52. The van der Waals surface area contributed by atoms with E-state index in [1.54, 1.807) is 35.9 Å². The van der Waals surface area contributed by atoms with Crippen molar-refractivity contribution in [2.24, 2.45) is 5.10 Å². The highest BCUT2D eigenvalue weighted by atomic mass is 35.5. The van der Waals surface area contributed by atoms with Gasteiger partial charge in [0.15, 0.2) is 6.10 Å². The number of carbonyl (C=O) groups excluding carboxylic acids is 1. The number of rotatable bonds is 6.